The van der Waals surface area contributed by atoms with Crippen molar-refractivity contribution in [2.24, 2.45) is 11.8 Å². The molecular weight excluding hydrogens is 626 g/mol. The predicted octanol–water partition coefficient (Wildman–Crippen LogP) is 9.17. The van der Waals surface area contributed by atoms with Gasteiger partial charge >= 0.3 is 6.01 Å². The van der Waals surface area contributed by atoms with Crippen molar-refractivity contribution in [1.82, 2.24) is 15.3 Å². The van der Waals surface area contributed by atoms with Gasteiger partial charge in [0.2, 0.25) is 0 Å². The summed E-state index contributed by atoms with van der Waals surface area (Å²) >= 11 is 0. The number of aromatic nitrogens is 2. The van der Waals surface area contributed by atoms with Crippen LogP contribution in [0.4, 0.5) is 0 Å². The first kappa shape index (κ1) is 38.3. The molecule has 3 aromatic rings. The van der Waals surface area contributed by atoms with Gasteiger partial charge in [0.15, 0.2) is 0 Å². The topological polar surface area (TPSA) is 95.0 Å². The van der Waals surface area contributed by atoms with Crippen molar-refractivity contribution in [3.05, 3.63) is 53.9 Å². The molecule has 1 aromatic heterocycles. The van der Waals surface area contributed by atoms with E-state index in [1.807, 2.05) is 36.7 Å². The second-order valence-corrected chi connectivity index (χ2v) is 14.6. The number of hydrogen-bond donors (Lipinski definition) is 2. The van der Waals surface area contributed by atoms with Crippen LogP contribution >= 0.6 is 0 Å². The minimum Gasteiger partial charge on any atom is -0.496 e. The number of aliphatic hydroxyl groups is 1. The molecule has 2 saturated carbocycles. The normalized spacial score (nSPS) is 20.2. The first-order chi connectivity index (χ1) is 24.7. The Kier molecular flexibility index (Phi) is 16.4. The van der Waals surface area contributed by atoms with Gasteiger partial charge in [-0.15, -0.1) is 0 Å². The molecule has 8 heteroatoms. The summed E-state index contributed by atoms with van der Waals surface area (Å²) in [4.78, 5) is 9.06. The molecule has 3 aliphatic rings. The standard InChI is InChI=1S/C32H43N3O4.C10H20O/c1-36-29-18-24(31(37-2)28-14-7-6-13-27(28)29)22-39-30-21-33-16-15-26(30)25-19-34-32(35-20-25)38-17-9-8-12-23-10-4-3-5-11-23;11-9-5-4-8-10-6-2-1-3-7-10/h6-7,13-14,18-20,23,26,30,33H,3-5,8-12,15-17,21-22H2,1-2H3;10-11H,1-9H2. The van der Waals surface area contributed by atoms with Crippen LogP contribution < -0.4 is 19.5 Å². The van der Waals surface area contributed by atoms with Crippen LogP contribution in [0.5, 0.6) is 17.5 Å². The van der Waals surface area contributed by atoms with Gasteiger partial charge in [-0.3, -0.25) is 0 Å². The number of methoxy groups -OCH3 is 2. The van der Waals surface area contributed by atoms with Crippen molar-refractivity contribution in [2.45, 2.75) is 128 Å². The van der Waals surface area contributed by atoms with E-state index in [1.165, 1.54) is 89.9 Å². The highest BCUT2D eigenvalue weighted by Gasteiger charge is 2.28. The number of benzene rings is 2. The van der Waals surface area contributed by atoms with Gasteiger partial charge in [-0.1, -0.05) is 108 Å². The zero-order chi connectivity index (χ0) is 34.8. The van der Waals surface area contributed by atoms with E-state index in [4.69, 9.17) is 24.1 Å². The SMILES string of the molecule is COc1cc(COC2CNCCC2c2cnc(OCCCCC3CCCCC3)nc2)c(OC)c2ccccc12.OCCCCC1CCCCC1. The van der Waals surface area contributed by atoms with Crippen molar-refractivity contribution in [3.63, 3.8) is 0 Å². The third-order valence-corrected chi connectivity index (χ3v) is 11.1. The molecule has 2 aliphatic carbocycles. The lowest BCUT2D eigenvalue weighted by Crippen LogP contribution is -2.41. The number of fused-ring (bicyclic) bond motifs is 1. The molecular formula is C42H63N3O5. The van der Waals surface area contributed by atoms with Gasteiger partial charge in [0, 0.05) is 47.8 Å². The van der Waals surface area contributed by atoms with Crippen LogP contribution in [0.1, 0.15) is 126 Å². The zero-order valence-corrected chi connectivity index (χ0v) is 30.9. The number of nitrogens with zero attached hydrogens (tertiary/aromatic N) is 2. The molecule has 0 bridgehead atoms. The Hall–Kier alpha value is -2.94. The number of ether oxygens (including phenoxy) is 4. The molecule has 3 fully saturated rings. The number of nitrogens with one attached hydrogen (secondary N) is 1. The summed E-state index contributed by atoms with van der Waals surface area (Å²) in [5, 5.41) is 14.1. The molecule has 0 spiro atoms. The van der Waals surface area contributed by atoms with Gasteiger partial charge in [-0.05, 0) is 55.7 Å². The Morgan fingerprint density at radius 1 is 0.780 bits per heavy atom. The third kappa shape index (κ3) is 11.5. The fourth-order valence-electron chi connectivity index (χ4n) is 8.26. The summed E-state index contributed by atoms with van der Waals surface area (Å²) in [7, 11) is 3.41. The number of piperidine rings is 1. The summed E-state index contributed by atoms with van der Waals surface area (Å²) in [6.07, 6.45) is 26.3. The van der Waals surface area contributed by atoms with Crippen LogP contribution in [0, 0.1) is 11.8 Å². The van der Waals surface area contributed by atoms with Gasteiger partial charge in [-0.2, -0.15) is 0 Å². The zero-order valence-electron chi connectivity index (χ0n) is 30.9. The highest BCUT2D eigenvalue weighted by atomic mass is 16.5. The molecule has 2 atom stereocenters. The molecule has 2 unspecified atom stereocenters. The molecule has 8 nitrogen and oxygen atoms in total. The van der Waals surface area contributed by atoms with Crippen LogP contribution in [0.3, 0.4) is 0 Å². The van der Waals surface area contributed by atoms with Crippen LogP contribution in [0.15, 0.2) is 42.7 Å². The van der Waals surface area contributed by atoms with E-state index in [-0.39, 0.29) is 12.0 Å². The van der Waals surface area contributed by atoms with Crippen LogP contribution in [-0.4, -0.2) is 61.7 Å². The molecule has 50 heavy (non-hydrogen) atoms. The number of unbranched alkanes of at least 4 members (excludes halogenated alkanes) is 2. The molecule has 0 amide bonds. The van der Waals surface area contributed by atoms with Gasteiger partial charge in [-0.25, -0.2) is 9.97 Å². The predicted molar refractivity (Wildman–Crippen MR) is 201 cm³/mol. The van der Waals surface area contributed by atoms with E-state index in [1.54, 1.807) is 14.2 Å². The van der Waals surface area contributed by atoms with Crippen molar-refractivity contribution >= 4 is 10.8 Å². The minimum absolute atomic E-state index is 0.00363. The van der Waals surface area contributed by atoms with Gasteiger partial charge in [0.05, 0.1) is 33.5 Å². The second kappa shape index (κ2) is 21.4. The molecule has 2 aromatic carbocycles. The van der Waals surface area contributed by atoms with Crippen molar-refractivity contribution in [3.8, 4) is 17.5 Å². The fraction of sp³-hybridized carbons (Fsp3) is 0.667. The quantitative estimate of drug-likeness (QED) is 0.144. The molecule has 1 saturated heterocycles. The van der Waals surface area contributed by atoms with E-state index < -0.39 is 0 Å². The van der Waals surface area contributed by atoms with E-state index in [9.17, 15) is 0 Å². The first-order valence-corrected chi connectivity index (χ1v) is 19.7. The smallest absolute Gasteiger partial charge is 0.316 e. The van der Waals surface area contributed by atoms with E-state index in [0.717, 1.165) is 77.6 Å². The second-order valence-electron chi connectivity index (χ2n) is 14.6. The van der Waals surface area contributed by atoms with Crippen molar-refractivity contribution in [2.75, 3.05) is 40.5 Å². The maximum atomic E-state index is 8.60. The molecule has 6 rings (SSSR count). The third-order valence-electron chi connectivity index (χ3n) is 11.1. The van der Waals surface area contributed by atoms with Gasteiger partial charge < -0.3 is 29.4 Å². The average Bonchev–Trinajstić information content (AvgIpc) is 3.18. The Labute approximate surface area is 301 Å². The Bertz CT molecular complexity index is 1370. The number of rotatable bonds is 16. The lowest BCUT2D eigenvalue weighted by molar-refractivity contribution is 0.00965. The van der Waals surface area contributed by atoms with Crippen molar-refractivity contribution in [1.29, 1.82) is 0 Å². The summed E-state index contributed by atoms with van der Waals surface area (Å²) < 4.78 is 23.9. The summed E-state index contributed by atoms with van der Waals surface area (Å²) in [6, 6.07) is 10.6. The minimum atomic E-state index is -0.00363. The Morgan fingerprint density at radius 3 is 2.08 bits per heavy atom. The van der Waals surface area contributed by atoms with E-state index >= 15 is 0 Å². The number of hydrogen-bond acceptors (Lipinski definition) is 8. The lowest BCUT2D eigenvalue weighted by atomic mass is 9.86. The molecule has 0 radical (unpaired) electrons. The lowest BCUT2D eigenvalue weighted by Gasteiger charge is -2.32. The maximum absolute atomic E-state index is 8.60. The van der Waals surface area contributed by atoms with E-state index in [0.29, 0.717) is 25.8 Å². The Balaban J connectivity index is 0.000000377. The highest BCUT2D eigenvalue weighted by Crippen LogP contribution is 2.38. The monoisotopic (exact) mass is 689 g/mol. The maximum Gasteiger partial charge on any atom is 0.316 e. The summed E-state index contributed by atoms with van der Waals surface area (Å²) in [5.74, 6) is 3.79. The molecule has 1 aliphatic heterocycles. The van der Waals surface area contributed by atoms with E-state index in [2.05, 4.69) is 21.4 Å². The molecule has 2 heterocycles. The largest absolute Gasteiger partial charge is 0.496 e. The van der Waals surface area contributed by atoms with Crippen LogP contribution in [0.2, 0.25) is 0 Å². The van der Waals surface area contributed by atoms with Crippen molar-refractivity contribution < 1.29 is 24.1 Å². The first-order valence-electron chi connectivity index (χ1n) is 19.7. The molecule has 2 N–H and O–H groups in total. The van der Waals surface area contributed by atoms with Gasteiger partial charge in [0.1, 0.15) is 11.5 Å². The summed E-state index contributed by atoms with van der Waals surface area (Å²) in [5.41, 5.74) is 2.06. The summed E-state index contributed by atoms with van der Waals surface area (Å²) in [6.45, 7) is 3.21. The van der Waals surface area contributed by atoms with Crippen LogP contribution in [-0.2, 0) is 11.3 Å². The molecule has 276 valence electrons. The average molecular weight is 690 g/mol. The van der Waals surface area contributed by atoms with Crippen LogP contribution in [0.25, 0.3) is 10.8 Å². The Morgan fingerprint density at radius 2 is 1.44 bits per heavy atom. The number of aliphatic hydroxyl groups excluding tert-OH is 1. The van der Waals surface area contributed by atoms with Gasteiger partial charge in [0.25, 0.3) is 0 Å². The fourth-order valence-corrected chi connectivity index (χ4v) is 8.26. The highest BCUT2D eigenvalue weighted by molar-refractivity contribution is 5.94.